The highest BCUT2D eigenvalue weighted by atomic mass is 19.4. The molecule has 2 atom stereocenters. The molecule has 2 aromatic heterocycles. The summed E-state index contributed by atoms with van der Waals surface area (Å²) in [6.07, 6.45) is 1.36. The van der Waals surface area contributed by atoms with Gasteiger partial charge in [-0.3, -0.25) is 9.78 Å². The lowest BCUT2D eigenvalue weighted by Gasteiger charge is -2.19. The number of alkyl halides is 3. The largest absolute Gasteiger partial charge is 0.416 e. The zero-order valence-electron chi connectivity index (χ0n) is 16.9. The molecule has 166 valence electrons. The van der Waals surface area contributed by atoms with E-state index in [0.717, 1.165) is 17.7 Å². The standard InChI is InChI=1S/C22H20F3N5O2/c1-2-21(31)29-12-19(30-11-18(27-28-30)16-6-4-8-26-10-16)20(13-29)32-14-15-5-3-7-17(9-15)22(23,24)25/h2-11,19-20H,1,12-14H2/t19-,20-/m1/s1. The fraction of sp³-hybridized carbons (Fsp3) is 0.273. The second kappa shape index (κ2) is 8.91. The zero-order valence-corrected chi connectivity index (χ0v) is 16.9. The number of ether oxygens (including phenoxy) is 1. The molecule has 1 fully saturated rings. The lowest BCUT2D eigenvalue weighted by molar-refractivity contribution is -0.137. The summed E-state index contributed by atoms with van der Waals surface area (Å²) in [4.78, 5) is 17.8. The Morgan fingerprint density at radius 2 is 2.09 bits per heavy atom. The summed E-state index contributed by atoms with van der Waals surface area (Å²) in [5, 5.41) is 8.37. The van der Waals surface area contributed by atoms with Crippen LogP contribution in [0.5, 0.6) is 0 Å². The first-order valence-corrected chi connectivity index (χ1v) is 9.86. The van der Waals surface area contributed by atoms with Crippen molar-refractivity contribution in [3.63, 3.8) is 0 Å². The molecule has 0 unspecified atom stereocenters. The van der Waals surface area contributed by atoms with Crippen LogP contribution in [0.3, 0.4) is 0 Å². The Morgan fingerprint density at radius 3 is 2.81 bits per heavy atom. The van der Waals surface area contributed by atoms with E-state index in [9.17, 15) is 18.0 Å². The van der Waals surface area contributed by atoms with Gasteiger partial charge in [0.1, 0.15) is 5.69 Å². The molecule has 3 aromatic rings. The first kappa shape index (κ1) is 21.7. The highest BCUT2D eigenvalue weighted by molar-refractivity contribution is 5.87. The average molecular weight is 443 g/mol. The van der Waals surface area contributed by atoms with Gasteiger partial charge in [0.05, 0.1) is 30.5 Å². The summed E-state index contributed by atoms with van der Waals surface area (Å²) in [5.41, 5.74) is 1.06. The van der Waals surface area contributed by atoms with Crippen LogP contribution in [0.2, 0.25) is 0 Å². The minimum absolute atomic E-state index is 0.0363. The monoisotopic (exact) mass is 443 g/mol. The molecule has 1 aliphatic heterocycles. The minimum atomic E-state index is -4.43. The molecule has 0 saturated carbocycles. The van der Waals surface area contributed by atoms with Crippen LogP contribution in [0.25, 0.3) is 11.3 Å². The van der Waals surface area contributed by atoms with Crippen LogP contribution in [0.4, 0.5) is 13.2 Å². The van der Waals surface area contributed by atoms with E-state index < -0.39 is 17.8 Å². The van der Waals surface area contributed by atoms with Crippen LogP contribution < -0.4 is 0 Å². The number of aromatic nitrogens is 4. The smallest absolute Gasteiger partial charge is 0.369 e. The molecule has 4 rings (SSSR count). The maximum absolute atomic E-state index is 13.0. The number of amides is 1. The normalized spacial score (nSPS) is 18.7. The molecule has 1 amide bonds. The van der Waals surface area contributed by atoms with Crippen LogP contribution >= 0.6 is 0 Å². The Labute approximate surface area is 182 Å². The quantitative estimate of drug-likeness (QED) is 0.545. The van der Waals surface area contributed by atoms with Crippen molar-refractivity contribution in [3.8, 4) is 11.3 Å². The van der Waals surface area contributed by atoms with E-state index in [2.05, 4.69) is 21.9 Å². The van der Waals surface area contributed by atoms with Gasteiger partial charge in [-0.2, -0.15) is 13.2 Å². The van der Waals surface area contributed by atoms with E-state index in [1.54, 1.807) is 40.3 Å². The van der Waals surface area contributed by atoms with Gasteiger partial charge in [0, 0.05) is 31.0 Å². The lowest BCUT2D eigenvalue weighted by atomic mass is 10.1. The Morgan fingerprint density at radius 1 is 1.25 bits per heavy atom. The second-order valence-electron chi connectivity index (χ2n) is 7.39. The Kier molecular flexibility index (Phi) is 6.04. The Bertz CT molecular complexity index is 1100. The van der Waals surface area contributed by atoms with E-state index in [1.807, 2.05) is 6.07 Å². The van der Waals surface area contributed by atoms with Crippen molar-refractivity contribution in [2.75, 3.05) is 13.1 Å². The number of pyridine rings is 1. The topological polar surface area (TPSA) is 73.1 Å². The molecule has 3 heterocycles. The number of benzene rings is 1. The van der Waals surface area contributed by atoms with E-state index in [0.29, 0.717) is 17.8 Å². The molecule has 1 saturated heterocycles. The summed E-state index contributed by atoms with van der Waals surface area (Å²) in [7, 11) is 0. The van der Waals surface area contributed by atoms with Crippen molar-refractivity contribution in [3.05, 3.63) is 78.8 Å². The Balaban J connectivity index is 1.53. The van der Waals surface area contributed by atoms with E-state index in [-0.39, 0.29) is 25.1 Å². The molecule has 0 N–H and O–H groups in total. The molecule has 0 bridgehead atoms. The minimum Gasteiger partial charge on any atom is -0.369 e. The number of rotatable bonds is 6. The summed E-state index contributed by atoms with van der Waals surface area (Å²) >= 11 is 0. The van der Waals surface area contributed by atoms with Crippen molar-refractivity contribution >= 4 is 5.91 Å². The first-order valence-electron chi connectivity index (χ1n) is 9.86. The summed E-state index contributed by atoms with van der Waals surface area (Å²) < 4.78 is 46.6. The lowest BCUT2D eigenvalue weighted by Crippen LogP contribution is -2.28. The van der Waals surface area contributed by atoms with Gasteiger partial charge in [-0.15, -0.1) is 5.10 Å². The third kappa shape index (κ3) is 4.70. The van der Waals surface area contributed by atoms with Gasteiger partial charge >= 0.3 is 6.18 Å². The van der Waals surface area contributed by atoms with Gasteiger partial charge in [-0.1, -0.05) is 23.9 Å². The van der Waals surface area contributed by atoms with Crippen LogP contribution in [0, 0.1) is 0 Å². The number of halogens is 3. The number of hydrogen-bond acceptors (Lipinski definition) is 5. The van der Waals surface area contributed by atoms with Gasteiger partial charge in [-0.05, 0) is 35.9 Å². The van der Waals surface area contributed by atoms with E-state index >= 15 is 0 Å². The summed E-state index contributed by atoms with van der Waals surface area (Å²) in [6, 6.07) is 8.28. The highest BCUT2D eigenvalue weighted by Crippen LogP contribution is 2.31. The van der Waals surface area contributed by atoms with Gasteiger partial charge in [-0.25, -0.2) is 4.68 Å². The number of likely N-dealkylation sites (tertiary alicyclic amines) is 1. The van der Waals surface area contributed by atoms with Crippen molar-refractivity contribution < 1.29 is 22.7 Å². The van der Waals surface area contributed by atoms with E-state index in [4.69, 9.17) is 4.74 Å². The molecule has 0 radical (unpaired) electrons. The molecule has 1 aromatic carbocycles. The molecule has 7 nitrogen and oxygen atoms in total. The van der Waals surface area contributed by atoms with Gasteiger partial charge in [0.25, 0.3) is 0 Å². The second-order valence-corrected chi connectivity index (χ2v) is 7.39. The van der Waals surface area contributed by atoms with Crippen molar-refractivity contribution in [2.45, 2.75) is 24.9 Å². The zero-order chi connectivity index (χ0) is 22.7. The predicted molar refractivity (Wildman–Crippen MR) is 109 cm³/mol. The van der Waals surface area contributed by atoms with Gasteiger partial charge < -0.3 is 9.64 Å². The van der Waals surface area contributed by atoms with Crippen LogP contribution in [-0.2, 0) is 22.3 Å². The fourth-order valence-corrected chi connectivity index (χ4v) is 3.61. The van der Waals surface area contributed by atoms with Crippen LogP contribution in [0.15, 0.2) is 67.6 Å². The molecular weight excluding hydrogens is 423 g/mol. The maximum Gasteiger partial charge on any atom is 0.416 e. The van der Waals surface area contributed by atoms with Crippen molar-refractivity contribution in [1.82, 2.24) is 24.9 Å². The predicted octanol–water partition coefficient (Wildman–Crippen LogP) is 3.51. The summed E-state index contributed by atoms with van der Waals surface area (Å²) in [5.74, 6) is -0.257. The molecular formula is C22H20F3N5O2. The van der Waals surface area contributed by atoms with Gasteiger partial charge in [0.2, 0.25) is 5.91 Å². The number of carbonyl (C=O) groups is 1. The molecule has 32 heavy (non-hydrogen) atoms. The fourth-order valence-electron chi connectivity index (χ4n) is 3.61. The summed E-state index contributed by atoms with van der Waals surface area (Å²) in [6.45, 7) is 4.06. The Hall–Kier alpha value is -3.53. The van der Waals surface area contributed by atoms with Crippen LogP contribution in [0.1, 0.15) is 17.2 Å². The van der Waals surface area contributed by atoms with Crippen molar-refractivity contribution in [1.29, 1.82) is 0 Å². The highest BCUT2D eigenvalue weighted by Gasteiger charge is 2.37. The average Bonchev–Trinajstić information content (AvgIpc) is 3.45. The third-order valence-electron chi connectivity index (χ3n) is 5.25. The molecule has 0 aliphatic carbocycles. The number of nitrogens with zero attached hydrogens (tertiary/aromatic N) is 5. The SMILES string of the molecule is C=CC(=O)N1C[C@@H](n2cc(-c3cccnc3)nn2)[C@H](OCc2cccc(C(F)(F)F)c2)C1. The van der Waals surface area contributed by atoms with Gasteiger partial charge in [0.15, 0.2) is 0 Å². The first-order chi connectivity index (χ1) is 15.3. The molecule has 0 spiro atoms. The number of carbonyl (C=O) groups excluding carboxylic acids is 1. The van der Waals surface area contributed by atoms with Crippen molar-refractivity contribution in [2.24, 2.45) is 0 Å². The molecule has 10 heteroatoms. The number of hydrogen-bond donors (Lipinski definition) is 0. The molecule has 1 aliphatic rings. The maximum atomic E-state index is 13.0. The van der Waals surface area contributed by atoms with E-state index in [1.165, 1.54) is 12.1 Å². The third-order valence-corrected chi connectivity index (χ3v) is 5.25. The van der Waals surface area contributed by atoms with Crippen LogP contribution in [-0.4, -0.2) is 50.0 Å².